The van der Waals surface area contributed by atoms with Gasteiger partial charge in [0.2, 0.25) is 12.1 Å². The molecular formula is C50H49Cl5N8O8. The van der Waals surface area contributed by atoms with E-state index in [2.05, 4.69) is 41.7 Å². The standard InChI is InChI=1S/C50H49Cl5N8O8/c1-6-70-43-12-8-10-40(37(43)16-18-51)57-47(66)30-20-32(54)24-35(22-30)60-62-45(28(4)64)49(68)56-34-14-15-42(39(26-34)27(3)53)59-50(69)46(29(5)65)63-61-36-23-31(21-33(55)25-36)48(67)58-41-11-9-13-44(71-7-2)38(41)17-19-52/h8-15,20-27,45-46H,6-7,16-19H2,1-5H3,(H,56,68)(H,57,66)(H,58,67)(H,59,69). The van der Waals surface area contributed by atoms with Crippen LogP contribution in [-0.4, -0.2) is 72.3 Å². The van der Waals surface area contributed by atoms with Gasteiger partial charge in [-0.05, 0) is 132 Å². The highest BCUT2D eigenvalue weighted by atomic mass is 35.5. The zero-order chi connectivity index (χ0) is 51.8. The van der Waals surface area contributed by atoms with Crippen LogP contribution in [0.3, 0.4) is 0 Å². The van der Waals surface area contributed by atoms with E-state index < -0.39 is 52.7 Å². The number of anilines is 4. The van der Waals surface area contributed by atoms with Crippen LogP contribution in [0, 0.1) is 0 Å². The van der Waals surface area contributed by atoms with Crippen molar-refractivity contribution in [3.8, 4) is 11.5 Å². The van der Waals surface area contributed by atoms with E-state index in [9.17, 15) is 28.8 Å². The van der Waals surface area contributed by atoms with E-state index >= 15 is 0 Å². The van der Waals surface area contributed by atoms with E-state index in [-0.39, 0.29) is 49.8 Å². The number of alkyl halides is 3. The lowest BCUT2D eigenvalue weighted by Crippen LogP contribution is -2.32. The van der Waals surface area contributed by atoms with Gasteiger partial charge in [0.05, 0.1) is 30.0 Å². The Kier molecular flexibility index (Phi) is 20.9. The topological polar surface area (TPSA) is 218 Å². The highest BCUT2D eigenvalue weighted by Crippen LogP contribution is 2.33. The first-order valence-electron chi connectivity index (χ1n) is 22.0. The first-order chi connectivity index (χ1) is 34.0. The van der Waals surface area contributed by atoms with Crippen LogP contribution in [0.4, 0.5) is 34.1 Å². The molecule has 3 atom stereocenters. The summed E-state index contributed by atoms with van der Waals surface area (Å²) in [4.78, 5) is 79.5. The zero-order valence-electron chi connectivity index (χ0n) is 39.1. The molecule has 3 unspecified atom stereocenters. The van der Waals surface area contributed by atoms with Gasteiger partial charge in [0.15, 0.2) is 11.6 Å². The highest BCUT2D eigenvalue weighted by molar-refractivity contribution is 6.32. The third-order valence-corrected chi connectivity index (χ3v) is 11.2. The molecule has 5 aromatic carbocycles. The zero-order valence-corrected chi connectivity index (χ0v) is 42.9. The second kappa shape index (κ2) is 26.7. The van der Waals surface area contributed by atoms with Crippen LogP contribution in [-0.2, 0) is 32.0 Å². The summed E-state index contributed by atoms with van der Waals surface area (Å²) in [6.45, 7) is 8.46. The summed E-state index contributed by atoms with van der Waals surface area (Å²) in [5, 5.41) is 26.7. The molecule has 372 valence electrons. The Morgan fingerprint density at radius 1 is 0.577 bits per heavy atom. The molecule has 0 fully saturated rings. The van der Waals surface area contributed by atoms with Crippen LogP contribution in [0.25, 0.3) is 0 Å². The van der Waals surface area contributed by atoms with Crippen molar-refractivity contribution < 1.29 is 38.2 Å². The molecule has 0 saturated heterocycles. The minimum atomic E-state index is -1.64. The van der Waals surface area contributed by atoms with Crippen molar-refractivity contribution in [2.45, 2.75) is 64.9 Å². The Bertz CT molecular complexity index is 2860. The maximum Gasteiger partial charge on any atom is 0.258 e. The number of ether oxygens (including phenoxy) is 2. The van der Waals surface area contributed by atoms with Gasteiger partial charge in [-0.15, -0.1) is 34.8 Å². The van der Waals surface area contributed by atoms with Crippen molar-refractivity contribution in [3.05, 3.63) is 129 Å². The third-order valence-electron chi connectivity index (χ3n) is 10.2. The maximum absolute atomic E-state index is 13.6. The molecule has 0 saturated carbocycles. The van der Waals surface area contributed by atoms with Crippen LogP contribution in [0.1, 0.15) is 77.4 Å². The van der Waals surface area contributed by atoms with Crippen molar-refractivity contribution in [2.24, 2.45) is 20.5 Å². The molecule has 5 aromatic rings. The Balaban J connectivity index is 1.29. The summed E-state index contributed by atoms with van der Waals surface area (Å²) in [5.74, 6) is -2.30. The number of amides is 4. The molecule has 0 aromatic heterocycles. The maximum atomic E-state index is 13.6. The molecule has 5 rings (SSSR count). The third kappa shape index (κ3) is 15.5. The number of hydrogen-bond acceptors (Lipinski definition) is 12. The fraction of sp³-hybridized carbons (Fsp3) is 0.280. The molecule has 0 bridgehead atoms. The lowest BCUT2D eigenvalue weighted by molar-refractivity contribution is -0.127. The van der Waals surface area contributed by atoms with Gasteiger partial charge in [-0.2, -0.15) is 20.5 Å². The van der Waals surface area contributed by atoms with Crippen molar-refractivity contribution in [1.29, 1.82) is 0 Å². The summed E-state index contributed by atoms with van der Waals surface area (Å²) in [6.07, 6.45) is 0.866. The predicted molar refractivity (Wildman–Crippen MR) is 279 cm³/mol. The molecule has 0 aliphatic rings. The summed E-state index contributed by atoms with van der Waals surface area (Å²) < 4.78 is 11.4. The number of benzene rings is 5. The number of hydrogen-bond donors (Lipinski definition) is 4. The number of carbonyl (C=O) groups is 6. The van der Waals surface area contributed by atoms with Crippen LogP contribution in [0.15, 0.2) is 111 Å². The van der Waals surface area contributed by atoms with Crippen molar-refractivity contribution >= 4 is 127 Å². The molecule has 16 nitrogen and oxygen atoms in total. The lowest BCUT2D eigenvalue weighted by atomic mass is 10.1. The monoisotopic (exact) mass is 1060 g/mol. The normalized spacial score (nSPS) is 12.5. The first kappa shape index (κ1) is 55.5. The molecule has 0 radical (unpaired) electrons. The molecule has 4 N–H and O–H groups in total. The molecule has 0 aliphatic carbocycles. The van der Waals surface area contributed by atoms with Gasteiger partial charge >= 0.3 is 0 Å². The van der Waals surface area contributed by atoms with Crippen molar-refractivity contribution in [3.63, 3.8) is 0 Å². The number of halogens is 5. The van der Waals surface area contributed by atoms with E-state index in [1.54, 1.807) is 43.3 Å². The molecule has 71 heavy (non-hydrogen) atoms. The van der Waals surface area contributed by atoms with E-state index in [4.69, 9.17) is 67.5 Å². The number of Topliss-reactive ketones (excluding diaryl/α,β-unsaturated/α-hetero) is 2. The summed E-state index contributed by atoms with van der Waals surface area (Å²) in [5.41, 5.74) is 3.53. The number of nitrogens with zero attached hydrogens (tertiary/aromatic N) is 4. The van der Waals surface area contributed by atoms with E-state index in [0.717, 1.165) is 25.0 Å². The Morgan fingerprint density at radius 2 is 1.03 bits per heavy atom. The smallest absolute Gasteiger partial charge is 0.258 e. The van der Waals surface area contributed by atoms with Crippen LogP contribution in [0.2, 0.25) is 10.0 Å². The minimum absolute atomic E-state index is 0.0852. The van der Waals surface area contributed by atoms with Crippen molar-refractivity contribution in [2.75, 3.05) is 46.2 Å². The second-order valence-electron chi connectivity index (χ2n) is 15.5. The average molecular weight is 1070 g/mol. The second-order valence-corrected chi connectivity index (χ2v) is 17.8. The van der Waals surface area contributed by atoms with Gasteiger partial charge in [0.25, 0.3) is 23.6 Å². The van der Waals surface area contributed by atoms with Gasteiger partial charge < -0.3 is 30.7 Å². The molecular weight excluding hydrogens is 1020 g/mol. The average Bonchev–Trinajstić information content (AvgIpc) is 3.31. The summed E-state index contributed by atoms with van der Waals surface area (Å²) >= 11 is 31.3. The van der Waals surface area contributed by atoms with Crippen molar-refractivity contribution in [1.82, 2.24) is 0 Å². The number of carbonyl (C=O) groups excluding carboxylic acids is 6. The molecule has 0 heterocycles. The Labute approximate surface area is 435 Å². The summed E-state index contributed by atoms with van der Waals surface area (Å²) in [7, 11) is 0. The van der Waals surface area contributed by atoms with Gasteiger partial charge in [-0.1, -0.05) is 35.3 Å². The lowest BCUT2D eigenvalue weighted by Gasteiger charge is -2.17. The summed E-state index contributed by atoms with van der Waals surface area (Å²) in [6, 6.07) is 20.0. The van der Waals surface area contributed by atoms with Crippen LogP contribution >= 0.6 is 58.0 Å². The van der Waals surface area contributed by atoms with Gasteiger partial charge in [0, 0.05) is 66.8 Å². The van der Waals surface area contributed by atoms with Crippen LogP contribution in [0.5, 0.6) is 11.5 Å². The van der Waals surface area contributed by atoms with Gasteiger partial charge in [-0.25, -0.2) is 0 Å². The SMILES string of the molecule is CCOc1cccc(NC(=O)c2cc(Cl)cc(N=NC(C(C)=O)C(=O)Nc3ccc(NC(=O)C(N=Nc4cc(Cl)cc(C(=O)Nc5cccc(OCC)c5CCCl)c4)C(C)=O)c(C(C)Cl)c3)c2)c1CCCl. The quantitative estimate of drug-likeness (QED) is 0.0279. The highest BCUT2D eigenvalue weighted by Gasteiger charge is 2.27. The van der Waals surface area contributed by atoms with E-state index in [1.165, 1.54) is 54.6 Å². The molecule has 21 heteroatoms. The fourth-order valence-electron chi connectivity index (χ4n) is 6.95. The number of azo groups is 2. The first-order valence-corrected chi connectivity index (χ1v) is 24.3. The largest absolute Gasteiger partial charge is 0.494 e. The van der Waals surface area contributed by atoms with E-state index in [1.807, 2.05) is 13.8 Å². The number of nitrogens with one attached hydrogen (secondary N) is 4. The molecule has 0 aliphatic heterocycles. The number of ketones is 2. The molecule has 0 spiro atoms. The van der Waals surface area contributed by atoms with E-state index in [0.29, 0.717) is 60.4 Å². The van der Waals surface area contributed by atoms with Gasteiger partial charge in [0.1, 0.15) is 11.5 Å². The Hall–Kier alpha value is -6.43. The fourth-order valence-corrected chi connectivity index (χ4v) is 7.96. The van der Waals surface area contributed by atoms with Crippen LogP contribution < -0.4 is 30.7 Å². The number of rotatable bonds is 23. The molecule has 4 amide bonds. The Morgan fingerprint density at radius 3 is 1.44 bits per heavy atom. The minimum Gasteiger partial charge on any atom is -0.494 e. The predicted octanol–water partition coefficient (Wildman–Crippen LogP) is 12.5. The van der Waals surface area contributed by atoms with Gasteiger partial charge in [-0.3, -0.25) is 28.8 Å².